The number of tetrazole rings is 1. The van der Waals surface area contributed by atoms with Crippen molar-refractivity contribution in [3.8, 4) is 5.75 Å². The highest BCUT2D eigenvalue weighted by Crippen LogP contribution is 2.29. The first-order valence-corrected chi connectivity index (χ1v) is 13.6. The SMILES string of the molecule is CN(C)CCn1nnnc1SC1CCN(C(=O)Oc2ccc(CCSc3nccn3C)cc2)CC1. The second-order valence-corrected chi connectivity index (χ2v) is 11.1. The van der Waals surface area contributed by atoms with Crippen molar-refractivity contribution in [2.75, 3.05) is 39.5 Å². The van der Waals surface area contributed by atoms with Gasteiger partial charge in [0.1, 0.15) is 5.75 Å². The van der Waals surface area contributed by atoms with Gasteiger partial charge in [-0.2, -0.15) is 0 Å². The lowest BCUT2D eigenvalue weighted by Crippen LogP contribution is -2.41. The summed E-state index contributed by atoms with van der Waals surface area (Å²) in [6.45, 7) is 2.97. The van der Waals surface area contributed by atoms with Crippen LogP contribution in [0.15, 0.2) is 47.0 Å². The minimum atomic E-state index is -0.289. The molecule has 3 heterocycles. The number of carbonyl (C=O) groups is 1. The number of likely N-dealkylation sites (N-methyl/N-ethyl adjacent to an activating group) is 1. The molecule has 1 aliphatic heterocycles. The van der Waals surface area contributed by atoms with Crippen molar-refractivity contribution in [3.63, 3.8) is 0 Å². The van der Waals surface area contributed by atoms with Crippen molar-refractivity contribution in [3.05, 3.63) is 42.2 Å². The van der Waals surface area contributed by atoms with Gasteiger partial charge in [-0.1, -0.05) is 35.7 Å². The van der Waals surface area contributed by atoms with E-state index in [0.29, 0.717) is 24.1 Å². The number of likely N-dealkylation sites (tertiary alicyclic amines) is 1. The number of thioether (sulfide) groups is 2. The lowest BCUT2D eigenvalue weighted by molar-refractivity contribution is 0.143. The zero-order valence-electron chi connectivity index (χ0n) is 20.4. The monoisotopic (exact) mass is 516 g/mol. The Balaban J connectivity index is 1.18. The van der Waals surface area contributed by atoms with Gasteiger partial charge < -0.3 is 19.1 Å². The number of amides is 1. The van der Waals surface area contributed by atoms with E-state index in [1.807, 2.05) is 67.1 Å². The van der Waals surface area contributed by atoms with Crippen molar-refractivity contribution in [2.24, 2.45) is 7.05 Å². The second kappa shape index (κ2) is 12.4. The molecule has 10 nitrogen and oxygen atoms in total. The van der Waals surface area contributed by atoms with Crippen LogP contribution in [0.2, 0.25) is 0 Å². The maximum Gasteiger partial charge on any atom is 0.415 e. The highest BCUT2D eigenvalue weighted by atomic mass is 32.2. The first kappa shape index (κ1) is 25.5. The van der Waals surface area contributed by atoms with Gasteiger partial charge in [-0.05, 0) is 61.5 Å². The van der Waals surface area contributed by atoms with Crippen molar-refractivity contribution in [2.45, 2.75) is 41.4 Å². The highest BCUT2D eigenvalue weighted by Gasteiger charge is 2.26. The molecule has 0 aliphatic carbocycles. The Morgan fingerprint density at radius 2 is 1.94 bits per heavy atom. The molecule has 1 aromatic carbocycles. The summed E-state index contributed by atoms with van der Waals surface area (Å²) in [6.07, 6.45) is 6.16. The average molecular weight is 517 g/mol. The lowest BCUT2D eigenvalue weighted by atomic mass is 10.1. The third-order valence-electron chi connectivity index (χ3n) is 5.76. The normalized spacial score (nSPS) is 14.6. The molecule has 0 radical (unpaired) electrons. The van der Waals surface area contributed by atoms with Crippen LogP contribution in [0.3, 0.4) is 0 Å². The number of aromatic nitrogens is 6. The van der Waals surface area contributed by atoms with Crippen LogP contribution in [0.4, 0.5) is 4.79 Å². The van der Waals surface area contributed by atoms with Gasteiger partial charge in [-0.25, -0.2) is 14.5 Å². The molecule has 4 rings (SSSR count). The number of imidazole rings is 1. The summed E-state index contributed by atoms with van der Waals surface area (Å²) < 4.78 is 9.49. The molecule has 1 aliphatic rings. The zero-order chi connectivity index (χ0) is 24.6. The number of piperidine rings is 1. The summed E-state index contributed by atoms with van der Waals surface area (Å²) in [7, 11) is 6.06. The fourth-order valence-corrected chi connectivity index (χ4v) is 5.66. The van der Waals surface area contributed by atoms with E-state index >= 15 is 0 Å². The van der Waals surface area contributed by atoms with E-state index in [4.69, 9.17) is 4.74 Å². The predicted molar refractivity (Wildman–Crippen MR) is 137 cm³/mol. The largest absolute Gasteiger partial charge is 0.415 e. The van der Waals surface area contributed by atoms with Crippen molar-refractivity contribution >= 4 is 29.6 Å². The predicted octanol–water partition coefficient (Wildman–Crippen LogP) is 3.06. The topological polar surface area (TPSA) is 94.2 Å². The number of nitrogens with zero attached hydrogens (tertiary/aromatic N) is 8. The first-order chi connectivity index (χ1) is 17.0. The van der Waals surface area contributed by atoms with E-state index in [0.717, 1.165) is 48.4 Å². The Morgan fingerprint density at radius 1 is 1.17 bits per heavy atom. The van der Waals surface area contributed by atoms with E-state index < -0.39 is 0 Å². The van der Waals surface area contributed by atoms with E-state index in [-0.39, 0.29) is 6.09 Å². The number of ether oxygens (including phenoxy) is 1. The van der Waals surface area contributed by atoms with Crippen LogP contribution in [0.1, 0.15) is 18.4 Å². The molecule has 1 fully saturated rings. The molecule has 0 spiro atoms. The van der Waals surface area contributed by atoms with Crippen molar-refractivity contribution < 1.29 is 9.53 Å². The molecule has 0 saturated carbocycles. The minimum absolute atomic E-state index is 0.289. The third-order valence-corrected chi connectivity index (χ3v) is 8.13. The van der Waals surface area contributed by atoms with Gasteiger partial charge in [0.2, 0.25) is 5.16 Å². The molecule has 1 amide bonds. The fraction of sp³-hybridized carbons (Fsp3) is 0.522. The number of rotatable bonds is 10. The molecule has 0 bridgehead atoms. The third kappa shape index (κ3) is 7.45. The quantitative estimate of drug-likeness (QED) is 0.377. The van der Waals surface area contributed by atoms with Gasteiger partial charge in [0, 0.05) is 50.1 Å². The summed E-state index contributed by atoms with van der Waals surface area (Å²) in [5.74, 6) is 1.52. The van der Waals surface area contributed by atoms with Crippen LogP contribution < -0.4 is 4.74 Å². The van der Waals surface area contributed by atoms with Gasteiger partial charge in [-0.15, -0.1) is 5.10 Å². The summed E-state index contributed by atoms with van der Waals surface area (Å²) in [4.78, 5) is 20.9. The Labute approximate surface area is 214 Å². The Kier molecular flexibility index (Phi) is 9.05. The van der Waals surface area contributed by atoms with Gasteiger partial charge >= 0.3 is 6.09 Å². The van der Waals surface area contributed by atoms with Crippen molar-refractivity contribution in [1.29, 1.82) is 0 Å². The first-order valence-electron chi connectivity index (χ1n) is 11.7. The molecule has 0 unspecified atom stereocenters. The Hall–Kier alpha value is -2.57. The second-order valence-electron chi connectivity index (χ2n) is 8.72. The van der Waals surface area contributed by atoms with Crippen LogP contribution in [-0.2, 0) is 20.0 Å². The maximum atomic E-state index is 12.7. The molecule has 3 aromatic rings. The van der Waals surface area contributed by atoms with Crippen LogP contribution in [0, 0.1) is 0 Å². The van der Waals surface area contributed by atoms with Crippen LogP contribution in [-0.4, -0.2) is 90.4 Å². The van der Waals surface area contributed by atoms with Gasteiger partial charge in [0.15, 0.2) is 5.16 Å². The molecular formula is C23H32N8O2S2. The number of benzene rings is 1. The molecule has 35 heavy (non-hydrogen) atoms. The molecule has 188 valence electrons. The molecule has 12 heteroatoms. The molecule has 1 saturated heterocycles. The summed E-state index contributed by atoms with van der Waals surface area (Å²) in [6, 6.07) is 7.78. The molecule has 0 N–H and O–H groups in total. The summed E-state index contributed by atoms with van der Waals surface area (Å²) in [5, 5.41) is 14.3. The molecule has 2 aromatic heterocycles. The summed E-state index contributed by atoms with van der Waals surface area (Å²) in [5.41, 5.74) is 1.21. The van der Waals surface area contributed by atoms with Gasteiger partial charge in [0.25, 0.3) is 0 Å². The lowest BCUT2D eigenvalue weighted by Gasteiger charge is -2.30. The standard InChI is InChI=1S/C23H32N8O2S2/c1-28(2)15-16-31-22(25-26-27-31)35-20-8-12-30(13-9-20)23(32)33-19-6-4-18(5-7-19)10-17-34-21-24-11-14-29(21)3/h4-7,11,14,20H,8-10,12-13,15-17H2,1-3H3. The Morgan fingerprint density at radius 3 is 2.63 bits per heavy atom. The van der Waals surface area contributed by atoms with E-state index in [1.165, 1.54) is 5.56 Å². The van der Waals surface area contributed by atoms with Gasteiger partial charge in [0.05, 0.1) is 6.54 Å². The Bertz CT molecular complexity index is 1080. The summed E-state index contributed by atoms with van der Waals surface area (Å²) >= 11 is 3.43. The number of hydrogen-bond donors (Lipinski definition) is 0. The van der Waals surface area contributed by atoms with Crippen LogP contribution in [0.25, 0.3) is 0 Å². The number of carbonyl (C=O) groups excluding carboxylic acids is 1. The van der Waals surface area contributed by atoms with E-state index in [2.05, 4.69) is 25.4 Å². The number of hydrogen-bond acceptors (Lipinski definition) is 9. The zero-order valence-corrected chi connectivity index (χ0v) is 22.0. The number of aryl methyl sites for hydroxylation is 2. The van der Waals surface area contributed by atoms with Gasteiger partial charge in [-0.3, -0.25) is 0 Å². The van der Waals surface area contributed by atoms with E-state index in [9.17, 15) is 4.79 Å². The van der Waals surface area contributed by atoms with Crippen LogP contribution >= 0.6 is 23.5 Å². The molecule has 0 atom stereocenters. The molecular weight excluding hydrogens is 484 g/mol. The highest BCUT2D eigenvalue weighted by molar-refractivity contribution is 7.99. The maximum absolute atomic E-state index is 12.7. The smallest absolute Gasteiger partial charge is 0.410 e. The average Bonchev–Trinajstić information content (AvgIpc) is 3.47. The fourth-order valence-electron chi connectivity index (χ4n) is 3.66. The van der Waals surface area contributed by atoms with Crippen LogP contribution in [0.5, 0.6) is 5.75 Å². The van der Waals surface area contributed by atoms with E-state index in [1.54, 1.807) is 28.4 Å². The minimum Gasteiger partial charge on any atom is -0.410 e. The van der Waals surface area contributed by atoms with Crippen molar-refractivity contribution in [1.82, 2.24) is 39.6 Å².